The van der Waals surface area contributed by atoms with Gasteiger partial charge in [0.25, 0.3) is 0 Å². The van der Waals surface area contributed by atoms with E-state index in [9.17, 15) is 8.78 Å². The van der Waals surface area contributed by atoms with Gasteiger partial charge in [0.2, 0.25) is 0 Å². The Morgan fingerprint density at radius 2 is 1.91 bits per heavy atom. The molecule has 1 aromatic heterocycles. The SMILES string of the molecule is CCOc1cc(/C=N/n2c(C)nnc2C)ccc1OC(F)F. The van der Waals surface area contributed by atoms with Crippen molar-refractivity contribution in [1.82, 2.24) is 14.9 Å². The Morgan fingerprint density at radius 1 is 1.23 bits per heavy atom. The number of ether oxygens (including phenoxy) is 2. The first kappa shape index (κ1) is 15.9. The van der Waals surface area contributed by atoms with Crippen molar-refractivity contribution in [2.75, 3.05) is 6.61 Å². The molecule has 118 valence electrons. The van der Waals surface area contributed by atoms with Crippen LogP contribution in [0, 0.1) is 13.8 Å². The van der Waals surface area contributed by atoms with E-state index in [-0.39, 0.29) is 11.5 Å². The van der Waals surface area contributed by atoms with Crippen LogP contribution in [0.15, 0.2) is 23.3 Å². The zero-order valence-electron chi connectivity index (χ0n) is 12.5. The fourth-order valence-electron chi connectivity index (χ4n) is 1.82. The molecule has 22 heavy (non-hydrogen) atoms. The van der Waals surface area contributed by atoms with Crippen molar-refractivity contribution in [3.63, 3.8) is 0 Å². The lowest BCUT2D eigenvalue weighted by Gasteiger charge is -2.11. The van der Waals surface area contributed by atoms with E-state index in [0.717, 1.165) is 0 Å². The van der Waals surface area contributed by atoms with Gasteiger partial charge in [-0.2, -0.15) is 13.9 Å². The van der Waals surface area contributed by atoms with Crippen molar-refractivity contribution in [3.05, 3.63) is 35.4 Å². The summed E-state index contributed by atoms with van der Waals surface area (Å²) in [5, 5.41) is 12.0. The molecule has 8 heteroatoms. The lowest BCUT2D eigenvalue weighted by Crippen LogP contribution is -2.05. The lowest BCUT2D eigenvalue weighted by molar-refractivity contribution is -0.0514. The molecule has 0 aliphatic heterocycles. The molecule has 0 atom stereocenters. The third-order valence-electron chi connectivity index (χ3n) is 2.76. The number of rotatable bonds is 6. The lowest BCUT2D eigenvalue weighted by atomic mass is 10.2. The third-order valence-corrected chi connectivity index (χ3v) is 2.76. The highest BCUT2D eigenvalue weighted by atomic mass is 19.3. The molecular weight excluding hydrogens is 294 g/mol. The minimum absolute atomic E-state index is 0.00865. The van der Waals surface area contributed by atoms with Crippen LogP contribution in [-0.2, 0) is 0 Å². The molecule has 0 aliphatic carbocycles. The third kappa shape index (κ3) is 3.78. The molecule has 0 spiro atoms. The summed E-state index contributed by atoms with van der Waals surface area (Å²) in [5.74, 6) is 1.53. The van der Waals surface area contributed by atoms with E-state index in [0.29, 0.717) is 23.8 Å². The number of benzene rings is 1. The Morgan fingerprint density at radius 3 is 2.50 bits per heavy atom. The van der Waals surface area contributed by atoms with Gasteiger partial charge in [0.15, 0.2) is 23.1 Å². The first-order valence-electron chi connectivity index (χ1n) is 6.66. The molecule has 0 unspecified atom stereocenters. The van der Waals surface area contributed by atoms with Crippen LogP contribution in [0.3, 0.4) is 0 Å². The van der Waals surface area contributed by atoms with Crippen LogP contribution in [-0.4, -0.2) is 34.3 Å². The van der Waals surface area contributed by atoms with Gasteiger partial charge >= 0.3 is 6.61 Å². The molecule has 0 radical (unpaired) electrons. The van der Waals surface area contributed by atoms with Gasteiger partial charge < -0.3 is 9.47 Å². The van der Waals surface area contributed by atoms with Gasteiger partial charge in [0, 0.05) is 0 Å². The quantitative estimate of drug-likeness (QED) is 0.770. The summed E-state index contributed by atoms with van der Waals surface area (Å²) >= 11 is 0. The van der Waals surface area contributed by atoms with Crippen LogP contribution >= 0.6 is 0 Å². The van der Waals surface area contributed by atoms with Crippen molar-refractivity contribution in [2.45, 2.75) is 27.4 Å². The average Bonchev–Trinajstić information content (AvgIpc) is 2.78. The van der Waals surface area contributed by atoms with Crippen molar-refractivity contribution >= 4 is 6.21 Å². The van der Waals surface area contributed by atoms with Gasteiger partial charge in [0.1, 0.15) is 0 Å². The summed E-state index contributed by atoms with van der Waals surface area (Å²) in [6, 6.07) is 4.61. The monoisotopic (exact) mass is 310 g/mol. The fourth-order valence-corrected chi connectivity index (χ4v) is 1.82. The Kier molecular flexibility index (Phi) is 5.03. The minimum atomic E-state index is -2.90. The second-order valence-electron chi connectivity index (χ2n) is 4.37. The molecule has 2 rings (SSSR count). The Labute approximate surface area is 126 Å². The number of aryl methyl sites for hydroxylation is 2. The van der Waals surface area contributed by atoms with Crippen molar-refractivity contribution < 1.29 is 18.3 Å². The van der Waals surface area contributed by atoms with Gasteiger partial charge in [0.05, 0.1) is 12.8 Å². The molecule has 0 amide bonds. The second kappa shape index (κ2) is 6.97. The smallest absolute Gasteiger partial charge is 0.387 e. The van der Waals surface area contributed by atoms with E-state index in [1.54, 1.807) is 43.8 Å². The van der Waals surface area contributed by atoms with Gasteiger partial charge in [-0.1, -0.05) is 0 Å². The predicted molar refractivity (Wildman–Crippen MR) is 76.7 cm³/mol. The predicted octanol–water partition coefficient (Wildman–Crippen LogP) is 2.78. The van der Waals surface area contributed by atoms with Crippen LogP contribution in [0.1, 0.15) is 24.1 Å². The van der Waals surface area contributed by atoms with Gasteiger partial charge in [-0.05, 0) is 44.5 Å². The van der Waals surface area contributed by atoms with Crippen molar-refractivity contribution in [3.8, 4) is 11.5 Å². The summed E-state index contributed by atoms with van der Waals surface area (Å²) in [7, 11) is 0. The normalized spacial score (nSPS) is 11.4. The maximum atomic E-state index is 12.3. The maximum absolute atomic E-state index is 12.3. The zero-order chi connectivity index (χ0) is 16.1. The van der Waals surface area contributed by atoms with Crippen molar-refractivity contribution in [2.24, 2.45) is 5.10 Å². The van der Waals surface area contributed by atoms with Gasteiger partial charge in [-0.15, -0.1) is 10.2 Å². The van der Waals surface area contributed by atoms with Gasteiger partial charge in [-0.25, -0.2) is 4.68 Å². The van der Waals surface area contributed by atoms with Crippen LogP contribution in [0.2, 0.25) is 0 Å². The largest absolute Gasteiger partial charge is 0.490 e. The van der Waals surface area contributed by atoms with Crippen LogP contribution in [0.4, 0.5) is 8.78 Å². The molecular formula is C14H16F2N4O2. The first-order valence-corrected chi connectivity index (χ1v) is 6.66. The topological polar surface area (TPSA) is 61.5 Å². The number of hydrogen-bond donors (Lipinski definition) is 0. The molecule has 1 heterocycles. The summed E-state index contributed by atoms with van der Waals surface area (Å²) < 4.78 is 36.0. The highest BCUT2D eigenvalue weighted by Crippen LogP contribution is 2.29. The van der Waals surface area contributed by atoms with E-state index in [4.69, 9.17) is 4.74 Å². The molecule has 0 N–H and O–H groups in total. The van der Waals surface area contributed by atoms with E-state index < -0.39 is 6.61 Å². The van der Waals surface area contributed by atoms with Gasteiger partial charge in [-0.3, -0.25) is 0 Å². The molecule has 0 saturated carbocycles. The van der Waals surface area contributed by atoms with Crippen molar-refractivity contribution in [1.29, 1.82) is 0 Å². The Hall–Kier alpha value is -2.51. The maximum Gasteiger partial charge on any atom is 0.387 e. The first-order chi connectivity index (χ1) is 10.5. The highest BCUT2D eigenvalue weighted by Gasteiger charge is 2.11. The fraction of sp³-hybridized carbons (Fsp3) is 0.357. The second-order valence-corrected chi connectivity index (χ2v) is 4.37. The summed E-state index contributed by atoms with van der Waals surface area (Å²) in [6.45, 7) is 2.76. The summed E-state index contributed by atoms with van der Waals surface area (Å²) in [4.78, 5) is 0. The number of hydrogen-bond acceptors (Lipinski definition) is 5. The van der Waals surface area contributed by atoms with Crippen LogP contribution < -0.4 is 9.47 Å². The Bertz CT molecular complexity index is 651. The van der Waals surface area contributed by atoms with E-state index >= 15 is 0 Å². The Balaban J connectivity index is 2.26. The molecule has 2 aromatic rings. The number of alkyl halides is 2. The van der Waals surface area contributed by atoms with E-state index in [1.807, 2.05) is 0 Å². The molecule has 0 bridgehead atoms. The van der Waals surface area contributed by atoms with Crippen LogP contribution in [0.5, 0.6) is 11.5 Å². The van der Waals surface area contributed by atoms with E-state index in [2.05, 4.69) is 20.0 Å². The molecule has 0 fully saturated rings. The molecule has 0 saturated heterocycles. The average molecular weight is 310 g/mol. The molecule has 0 aliphatic rings. The van der Waals surface area contributed by atoms with Crippen LogP contribution in [0.25, 0.3) is 0 Å². The number of nitrogens with zero attached hydrogens (tertiary/aromatic N) is 4. The molecule has 6 nitrogen and oxygen atoms in total. The number of halogens is 2. The minimum Gasteiger partial charge on any atom is -0.490 e. The number of aromatic nitrogens is 3. The standard InChI is InChI=1S/C14H16F2N4O2/c1-4-21-13-7-11(5-6-12(13)22-14(15)16)8-17-20-9(2)18-19-10(20)3/h5-8,14H,4H2,1-3H3/b17-8+. The zero-order valence-corrected chi connectivity index (χ0v) is 12.5. The molecule has 1 aromatic carbocycles. The summed E-state index contributed by atoms with van der Waals surface area (Å²) in [6.07, 6.45) is 1.57. The summed E-state index contributed by atoms with van der Waals surface area (Å²) in [5.41, 5.74) is 0.678. The highest BCUT2D eigenvalue weighted by molar-refractivity contribution is 5.80. The van der Waals surface area contributed by atoms with E-state index in [1.165, 1.54) is 6.07 Å².